The Kier molecular flexibility index (Phi) is 4.37. The van der Waals surface area contributed by atoms with E-state index in [-0.39, 0.29) is 11.1 Å². The summed E-state index contributed by atoms with van der Waals surface area (Å²) < 4.78 is 13.4. The van der Waals surface area contributed by atoms with Crippen LogP contribution < -0.4 is 5.32 Å². The van der Waals surface area contributed by atoms with Gasteiger partial charge in [0.25, 0.3) is 5.91 Å². The first kappa shape index (κ1) is 14.8. The molecule has 1 amide bonds. The van der Waals surface area contributed by atoms with E-state index < -0.39 is 11.7 Å². The number of nitrogens with one attached hydrogen (secondary N) is 2. The molecule has 21 heavy (non-hydrogen) atoms. The summed E-state index contributed by atoms with van der Waals surface area (Å²) in [6.07, 6.45) is 4.52. The van der Waals surface area contributed by atoms with Crippen molar-refractivity contribution in [2.24, 2.45) is 0 Å². The molecule has 2 heterocycles. The molecule has 0 aromatic carbocycles. The average Bonchev–Trinajstić information content (AvgIpc) is 2.50. The van der Waals surface area contributed by atoms with E-state index in [2.05, 4.69) is 15.3 Å². The van der Waals surface area contributed by atoms with Gasteiger partial charge in [-0.05, 0) is 25.5 Å². The van der Waals surface area contributed by atoms with Crippen molar-refractivity contribution in [3.05, 3.63) is 53.2 Å². The molecular formula is C15H15FN4O. The molecule has 0 saturated heterocycles. The van der Waals surface area contributed by atoms with E-state index in [0.29, 0.717) is 23.5 Å². The van der Waals surface area contributed by atoms with E-state index in [9.17, 15) is 9.18 Å². The van der Waals surface area contributed by atoms with E-state index in [1.165, 1.54) is 19.3 Å². The predicted octanol–water partition coefficient (Wildman–Crippen LogP) is 2.95. The molecule has 0 aliphatic carbocycles. The average molecular weight is 286 g/mol. The molecule has 2 aromatic heterocycles. The van der Waals surface area contributed by atoms with Gasteiger partial charge in [-0.2, -0.15) is 0 Å². The molecular weight excluding hydrogens is 271 g/mol. The first-order valence-corrected chi connectivity index (χ1v) is 6.48. The van der Waals surface area contributed by atoms with E-state index in [4.69, 9.17) is 5.41 Å². The van der Waals surface area contributed by atoms with Gasteiger partial charge in [-0.25, -0.2) is 9.37 Å². The van der Waals surface area contributed by atoms with Crippen molar-refractivity contribution in [1.29, 1.82) is 5.41 Å². The topological polar surface area (TPSA) is 78.7 Å². The summed E-state index contributed by atoms with van der Waals surface area (Å²) in [7, 11) is 0. The molecule has 0 saturated carbocycles. The number of hydrogen-bond donors (Lipinski definition) is 2. The SMILES string of the molecule is CCC(=N)c1ccc(NC(=O)c2cncc(F)c2C)nc1. The number of pyridine rings is 2. The number of carbonyl (C=O) groups excluding carboxylic acids is 1. The highest BCUT2D eigenvalue weighted by atomic mass is 19.1. The second kappa shape index (κ2) is 6.21. The summed E-state index contributed by atoms with van der Waals surface area (Å²) in [5, 5.41) is 10.3. The van der Waals surface area contributed by atoms with Crippen LogP contribution in [0.5, 0.6) is 0 Å². The normalized spacial score (nSPS) is 10.2. The molecule has 2 rings (SSSR count). The zero-order chi connectivity index (χ0) is 15.4. The first-order chi connectivity index (χ1) is 10.0. The van der Waals surface area contributed by atoms with Crippen LogP contribution >= 0.6 is 0 Å². The van der Waals surface area contributed by atoms with E-state index in [1.807, 2.05) is 6.92 Å². The Balaban J connectivity index is 2.16. The highest BCUT2D eigenvalue weighted by molar-refractivity contribution is 6.04. The van der Waals surface area contributed by atoms with Crippen molar-refractivity contribution in [3.8, 4) is 0 Å². The van der Waals surface area contributed by atoms with Gasteiger partial charge < -0.3 is 10.7 Å². The second-order valence-electron chi connectivity index (χ2n) is 4.51. The third-order valence-electron chi connectivity index (χ3n) is 3.11. The van der Waals surface area contributed by atoms with Crippen LogP contribution in [0.15, 0.2) is 30.7 Å². The Labute approximate surface area is 121 Å². The molecule has 0 spiro atoms. The lowest BCUT2D eigenvalue weighted by Gasteiger charge is -2.08. The van der Waals surface area contributed by atoms with Crippen LogP contribution in [0.2, 0.25) is 0 Å². The monoisotopic (exact) mass is 286 g/mol. The van der Waals surface area contributed by atoms with Crippen molar-refractivity contribution < 1.29 is 9.18 Å². The molecule has 0 aliphatic rings. The zero-order valence-electron chi connectivity index (χ0n) is 11.8. The van der Waals surface area contributed by atoms with Gasteiger partial charge in [-0.1, -0.05) is 6.92 Å². The maximum atomic E-state index is 13.4. The third kappa shape index (κ3) is 3.28. The van der Waals surface area contributed by atoms with Gasteiger partial charge in [0.2, 0.25) is 0 Å². The molecule has 5 nitrogen and oxygen atoms in total. The Morgan fingerprint density at radius 3 is 2.71 bits per heavy atom. The summed E-state index contributed by atoms with van der Waals surface area (Å²) in [4.78, 5) is 19.8. The number of amides is 1. The van der Waals surface area contributed by atoms with E-state index >= 15 is 0 Å². The van der Waals surface area contributed by atoms with E-state index in [0.717, 1.165) is 6.20 Å². The fourth-order valence-electron chi connectivity index (χ4n) is 1.76. The molecule has 2 aromatic rings. The molecule has 6 heteroatoms. The van der Waals surface area contributed by atoms with Gasteiger partial charge in [0.05, 0.1) is 11.8 Å². The molecule has 0 fully saturated rings. The second-order valence-corrected chi connectivity index (χ2v) is 4.51. The van der Waals surface area contributed by atoms with Crippen LogP contribution in [0.4, 0.5) is 10.2 Å². The lowest BCUT2D eigenvalue weighted by molar-refractivity contribution is 0.102. The van der Waals surface area contributed by atoms with Crippen LogP contribution in [-0.4, -0.2) is 21.6 Å². The van der Waals surface area contributed by atoms with Crippen molar-refractivity contribution in [2.75, 3.05) is 5.32 Å². The van der Waals surface area contributed by atoms with Crippen LogP contribution in [0.1, 0.15) is 34.8 Å². The fraction of sp³-hybridized carbons (Fsp3) is 0.200. The molecule has 0 atom stereocenters. The fourth-order valence-corrected chi connectivity index (χ4v) is 1.76. The number of halogens is 1. The van der Waals surface area contributed by atoms with Gasteiger partial charge in [0, 0.05) is 29.2 Å². The summed E-state index contributed by atoms with van der Waals surface area (Å²) in [6.45, 7) is 3.41. The smallest absolute Gasteiger partial charge is 0.258 e. The minimum atomic E-state index is -0.526. The summed E-state index contributed by atoms with van der Waals surface area (Å²) in [5.41, 5.74) is 1.60. The van der Waals surface area contributed by atoms with Gasteiger partial charge in [-0.15, -0.1) is 0 Å². The Hall–Kier alpha value is -2.63. The molecule has 108 valence electrons. The van der Waals surface area contributed by atoms with Crippen molar-refractivity contribution in [3.63, 3.8) is 0 Å². The van der Waals surface area contributed by atoms with Gasteiger partial charge in [-0.3, -0.25) is 9.78 Å². The summed E-state index contributed by atoms with van der Waals surface area (Å²) in [5.74, 6) is -0.649. The standard InChI is InChI=1S/C15H15FN4O/c1-3-13(17)10-4-5-14(19-6-10)20-15(21)11-7-18-8-12(16)9(11)2/h4-8,17H,3H2,1-2H3,(H,19,20,21). The largest absolute Gasteiger partial charge is 0.307 e. The van der Waals surface area contributed by atoms with Crippen LogP contribution in [0, 0.1) is 18.2 Å². The molecule has 0 aliphatic heterocycles. The Morgan fingerprint density at radius 1 is 1.33 bits per heavy atom. The Bertz CT molecular complexity index is 683. The summed E-state index contributed by atoms with van der Waals surface area (Å²) in [6, 6.07) is 3.32. The maximum Gasteiger partial charge on any atom is 0.258 e. The molecule has 0 radical (unpaired) electrons. The lowest BCUT2D eigenvalue weighted by atomic mass is 10.1. The third-order valence-corrected chi connectivity index (χ3v) is 3.11. The molecule has 0 unspecified atom stereocenters. The minimum absolute atomic E-state index is 0.169. The number of rotatable bonds is 4. The highest BCUT2D eigenvalue weighted by Crippen LogP contribution is 2.13. The number of aromatic nitrogens is 2. The number of nitrogens with zero attached hydrogens (tertiary/aromatic N) is 2. The maximum absolute atomic E-state index is 13.4. The minimum Gasteiger partial charge on any atom is -0.307 e. The van der Waals surface area contributed by atoms with E-state index in [1.54, 1.807) is 12.1 Å². The van der Waals surface area contributed by atoms with Crippen LogP contribution in [-0.2, 0) is 0 Å². The van der Waals surface area contributed by atoms with Gasteiger partial charge in [0.15, 0.2) is 0 Å². The predicted molar refractivity (Wildman–Crippen MR) is 78.2 cm³/mol. The quantitative estimate of drug-likeness (QED) is 0.848. The number of anilines is 1. The van der Waals surface area contributed by atoms with Crippen molar-refractivity contribution >= 4 is 17.4 Å². The van der Waals surface area contributed by atoms with Crippen molar-refractivity contribution in [2.45, 2.75) is 20.3 Å². The molecule has 2 N–H and O–H groups in total. The molecule has 0 bridgehead atoms. The first-order valence-electron chi connectivity index (χ1n) is 6.48. The lowest BCUT2D eigenvalue weighted by Crippen LogP contribution is -2.15. The number of carbonyl (C=O) groups is 1. The van der Waals surface area contributed by atoms with Crippen molar-refractivity contribution in [1.82, 2.24) is 9.97 Å². The van der Waals surface area contributed by atoms with Crippen LogP contribution in [0.3, 0.4) is 0 Å². The Morgan fingerprint density at radius 2 is 2.10 bits per heavy atom. The highest BCUT2D eigenvalue weighted by Gasteiger charge is 2.13. The van der Waals surface area contributed by atoms with Gasteiger partial charge >= 0.3 is 0 Å². The van der Waals surface area contributed by atoms with Gasteiger partial charge in [0.1, 0.15) is 11.6 Å². The summed E-state index contributed by atoms with van der Waals surface area (Å²) >= 11 is 0. The van der Waals surface area contributed by atoms with Crippen LogP contribution in [0.25, 0.3) is 0 Å². The number of hydrogen-bond acceptors (Lipinski definition) is 4. The zero-order valence-corrected chi connectivity index (χ0v) is 11.8.